The number of thiophene rings is 1. The van der Waals surface area contributed by atoms with E-state index in [1.165, 1.54) is 28.0 Å². The minimum atomic E-state index is -0.352. The van der Waals surface area contributed by atoms with E-state index in [-0.39, 0.29) is 23.1 Å². The van der Waals surface area contributed by atoms with Crippen LogP contribution >= 0.6 is 34.7 Å². The molecular formula is C24H26ClN3O3S2. The molecule has 2 aliphatic rings. The molecule has 0 bridgehead atoms. The molecule has 2 amide bonds. The molecule has 0 saturated heterocycles. The van der Waals surface area contributed by atoms with Crippen LogP contribution in [-0.2, 0) is 9.59 Å². The van der Waals surface area contributed by atoms with Crippen molar-refractivity contribution in [3.63, 3.8) is 0 Å². The Morgan fingerprint density at radius 2 is 2.18 bits per heavy atom. The number of thioether (sulfide) groups is 1. The number of amidine groups is 1. The normalized spacial score (nSPS) is 18.6. The highest BCUT2D eigenvalue weighted by Gasteiger charge is 2.35. The number of nitrogens with zero attached hydrogens (tertiary/aromatic N) is 2. The zero-order valence-electron chi connectivity index (χ0n) is 18.5. The van der Waals surface area contributed by atoms with E-state index in [9.17, 15) is 9.59 Å². The molecule has 1 aromatic heterocycles. The summed E-state index contributed by atoms with van der Waals surface area (Å²) in [5.74, 6) is 0.265. The molecule has 1 fully saturated rings. The maximum Gasteiger partial charge on any atom is 0.283 e. The van der Waals surface area contributed by atoms with E-state index >= 15 is 0 Å². The molecule has 2 heterocycles. The van der Waals surface area contributed by atoms with E-state index in [0.717, 1.165) is 30.6 Å². The molecule has 0 unspecified atom stereocenters. The number of rotatable bonds is 7. The van der Waals surface area contributed by atoms with E-state index in [1.807, 2.05) is 24.4 Å². The topological polar surface area (TPSA) is 71.0 Å². The number of ether oxygens (including phenoxy) is 1. The average Bonchev–Trinajstić information content (AvgIpc) is 3.56. The minimum absolute atomic E-state index is 0.00653. The monoisotopic (exact) mass is 503 g/mol. The van der Waals surface area contributed by atoms with Gasteiger partial charge in [0.25, 0.3) is 5.91 Å². The van der Waals surface area contributed by atoms with Crippen LogP contribution in [0.4, 0.5) is 5.69 Å². The average molecular weight is 504 g/mol. The second-order valence-electron chi connectivity index (χ2n) is 7.90. The van der Waals surface area contributed by atoms with Gasteiger partial charge in [0, 0.05) is 10.9 Å². The quantitative estimate of drug-likeness (QED) is 0.490. The van der Waals surface area contributed by atoms with Crippen LogP contribution in [0.5, 0.6) is 5.75 Å². The Hall–Kier alpha value is -2.29. The van der Waals surface area contributed by atoms with Gasteiger partial charge in [0.05, 0.1) is 23.1 Å². The lowest BCUT2D eigenvalue weighted by Crippen LogP contribution is -2.40. The summed E-state index contributed by atoms with van der Waals surface area (Å²) in [6, 6.07) is 9.28. The summed E-state index contributed by atoms with van der Waals surface area (Å²) < 4.78 is 5.25. The van der Waals surface area contributed by atoms with Crippen molar-refractivity contribution in [1.82, 2.24) is 5.32 Å². The van der Waals surface area contributed by atoms with Gasteiger partial charge in [-0.2, -0.15) is 0 Å². The first-order valence-electron chi connectivity index (χ1n) is 11.0. The highest BCUT2D eigenvalue weighted by Crippen LogP contribution is 2.36. The molecule has 1 atom stereocenters. The lowest BCUT2D eigenvalue weighted by molar-refractivity contribution is -0.121. The molecular weight excluding hydrogens is 478 g/mol. The largest absolute Gasteiger partial charge is 0.495 e. The first kappa shape index (κ1) is 23.9. The number of anilines is 1. The van der Waals surface area contributed by atoms with Crippen molar-refractivity contribution < 1.29 is 14.3 Å². The summed E-state index contributed by atoms with van der Waals surface area (Å²) in [7, 11) is 1.54. The van der Waals surface area contributed by atoms with E-state index in [2.05, 4.69) is 10.3 Å². The van der Waals surface area contributed by atoms with Gasteiger partial charge in [-0.05, 0) is 55.0 Å². The maximum absolute atomic E-state index is 13.4. The summed E-state index contributed by atoms with van der Waals surface area (Å²) in [4.78, 5) is 33.5. The van der Waals surface area contributed by atoms with Gasteiger partial charge < -0.3 is 10.1 Å². The maximum atomic E-state index is 13.4. The Morgan fingerprint density at radius 3 is 2.82 bits per heavy atom. The van der Waals surface area contributed by atoms with Gasteiger partial charge in [-0.15, -0.1) is 11.3 Å². The van der Waals surface area contributed by atoms with Gasteiger partial charge in [0.15, 0.2) is 5.17 Å². The molecule has 1 aliphatic carbocycles. The number of nitrogens with one attached hydrogen (secondary N) is 1. The van der Waals surface area contributed by atoms with Crippen LogP contribution in [0.1, 0.15) is 43.9 Å². The summed E-state index contributed by atoms with van der Waals surface area (Å²) in [6.07, 6.45) is 6.75. The fourth-order valence-corrected chi connectivity index (χ4v) is 5.86. The van der Waals surface area contributed by atoms with Crippen molar-refractivity contribution in [2.24, 2.45) is 4.99 Å². The van der Waals surface area contributed by atoms with E-state index in [1.54, 1.807) is 31.4 Å². The molecule has 2 aromatic rings. The van der Waals surface area contributed by atoms with Crippen LogP contribution in [0, 0.1) is 0 Å². The molecule has 1 aliphatic heterocycles. The number of hydrogen-bond acceptors (Lipinski definition) is 6. The van der Waals surface area contributed by atoms with E-state index in [0.29, 0.717) is 33.7 Å². The predicted molar refractivity (Wildman–Crippen MR) is 137 cm³/mol. The molecule has 6 nitrogen and oxygen atoms in total. The highest BCUT2D eigenvalue weighted by molar-refractivity contribution is 8.15. The van der Waals surface area contributed by atoms with Crippen LogP contribution in [0.25, 0.3) is 6.08 Å². The van der Waals surface area contributed by atoms with Crippen molar-refractivity contribution in [1.29, 1.82) is 0 Å². The van der Waals surface area contributed by atoms with E-state index in [4.69, 9.17) is 16.3 Å². The number of benzene rings is 1. The van der Waals surface area contributed by atoms with Crippen LogP contribution in [-0.4, -0.2) is 35.4 Å². The van der Waals surface area contributed by atoms with Gasteiger partial charge in [0.1, 0.15) is 11.4 Å². The van der Waals surface area contributed by atoms with Crippen molar-refractivity contribution in [3.8, 4) is 5.75 Å². The molecule has 1 N–H and O–H groups in total. The minimum Gasteiger partial charge on any atom is -0.495 e. The van der Waals surface area contributed by atoms with Crippen LogP contribution in [0.3, 0.4) is 0 Å². The number of halogens is 1. The van der Waals surface area contributed by atoms with Crippen LogP contribution < -0.4 is 15.0 Å². The van der Waals surface area contributed by atoms with Crippen molar-refractivity contribution in [2.45, 2.75) is 50.3 Å². The Labute approximate surface area is 207 Å². The third-order valence-electron chi connectivity index (χ3n) is 5.66. The zero-order chi connectivity index (χ0) is 23.4. The third-order valence-corrected chi connectivity index (χ3v) is 8.09. The summed E-state index contributed by atoms with van der Waals surface area (Å²) in [5.41, 5.74) is 0.913. The zero-order valence-corrected chi connectivity index (χ0v) is 20.9. The lowest BCUT2D eigenvalue weighted by Gasteiger charge is -2.22. The Bertz CT molecular complexity index is 1080. The Morgan fingerprint density at radius 1 is 1.39 bits per heavy atom. The first-order chi connectivity index (χ1) is 16.0. The van der Waals surface area contributed by atoms with Crippen LogP contribution in [0.15, 0.2) is 46.4 Å². The number of carbonyl (C=O) groups is 2. The molecule has 1 saturated carbocycles. The highest BCUT2D eigenvalue weighted by atomic mass is 35.5. The SMILES string of the molecule is CC[C@H](SC1=N/C(=C/c2cccs2)C(=O)N1c1ccc(OC)c(Cl)c1)C(=O)NC1CCCC1. The fourth-order valence-electron chi connectivity index (χ4n) is 3.92. The molecule has 174 valence electrons. The van der Waals surface area contributed by atoms with Gasteiger partial charge in [-0.3, -0.25) is 14.5 Å². The van der Waals surface area contributed by atoms with Gasteiger partial charge in [0.2, 0.25) is 5.91 Å². The number of carbonyl (C=O) groups excluding carboxylic acids is 2. The molecule has 4 rings (SSSR count). The fraction of sp³-hybridized carbons (Fsp3) is 0.375. The van der Waals surface area contributed by atoms with E-state index < -0.39 is 0 Å². The molecule has 0 spiro atoms. The lowest BCUT2D eigenvalue weighted by atomic mass is 10.2. The van der Waals surface area contributed by atoms with Crippen molar-refractivity contribution in [2.75, 3.05) is 12.0 Å². The molecule has 33 heavy (non-hydrogen) atoms. The Balaban J connectivity index is 1.63. The van der Waals surface area contributed by atoms with Gasteiger partial charge >= 0.3 is 0 Å². The molecule has 0 radical (unpaired) electrons. The second kappa shape index (κ2) is 10.8. The summed E-state index contributed by atoms with van der Waals surface area (Å²) >= 11 is 9.19. The first-order valence-corrected chi connectivity index (χ1v) is 13.1. The van der Waals surface area contributed by atoms with Crippen LogP contribution in [0.2, 0.25) is 5.02 Å². The Kier molecular flexibility index (Phi) is 7.78. The standard InChI is InChI=1S/C24H26ClN3O3S2/c1-3-21(22(29)26-15-7-4-5-8-15)33-24-27-19(14-17-9-6-12-32-17)23(30)28(24)16-10-11-20(31-2)18(25)13-16/h6,9-15,21H,3-5,7-8H2,1-2H3,(H,26,29)/b19-14+/t21-/m0/s1. The van der Waals surface area contributed by atoms with Crippen molar-refractivity contribution in [3.05, 3.63) is 51.3 Å². The van der Waals surface area contributed by atoms with Gasteiger partial charge in [-0.25, -0.2) is 4.99 Å². The number of aliphatic imine (C=N–C) groups is 1. The van der Waals surface area contributed by atoms with Gasteiger partial charge in [-0.1, -0.05) is 49.2 Å². The number of methoxy groups -OCH3 is 1. The smallest absolute Gasteiger partial charge is 0.283 e. The van der Waals surface area contributed by atoms with Crippen molar-refractivity contribution >= 4 is 63.4 Å². The molecule has 9 heteroatoms. The number of amides is 2. The predicted octanol–water partition coefficient (Wildman–Crippen LogP) is 5.72. The summed E-state index contributed by atoms with van der Waals surface area (Å²) in [6.45, 7) is 1.97. The number of hydrogen-bond donors (Lipinski definition) is 1. The summed E-state index contributed by atoms with van der Waals surface area (Å²) in [5, 5.41) is 5.64. The second-order valence-corrected chi connectivity index (χ2v) is 10.5. The molecule has 1 aromatic carbocycles. The third kappa shape index (κ3) is 5.45.